The molecule has 8 aromatic heterocycles. The standard InChI is InChI=1S/C74H42N6/c1-9-25-61-47(17-1)48-18-2-10-26-62(48)75(61)43-33-35-69-55(37-43)57-39-45(77-65-29-13-5-21-51(65)52-22-6-14-30-66(52)77)41-59-71-60-42-46(78-67-31-15-7-23-53(67)54-24-8-16-32-68(54)78)40-58-56-38-44(34-36-70(56)80(73(58)60)74(71)79(69)72(57)59)76-63-27-11-3-19-49(63)50-20-4-12-28-64(50)76/h1-42H. The molecule has 6 nitrogen and oxygen atoms in total. The number of hydrogen-bond donors (Lipinski definition) is 0. The zero-order chi connectivity index (χ0) is 51.6. The van der Waals surface area contributed by atoms with E-state index in [1.165, 1.54) is 153 Å². The fraction of sp³-hybridized carbons (Fsp3) is 0. The molecule has 0 bridgehead atoms. The number of aromatic nitrogens is 6. The summed E-state index contributed by atoms with van der Waals surface area (Å²) in [6, 6.07) is 95.3. The van der Waals surface area contributed by atoms with Gasteiger partial charge in [-0.2, -0.15) is 0 Å². The van der Waals surface area contributed by atoms with Crippen LogP contribution in [0, 0.1) is 0 Å². The molecule has 80 heavy (non-hydrogen) atoms. The molecule has 0 aliphatic carbocycles. The van der Waals surface area contributed by atoms with Gasteiger partial charge in [-0.25, -0.2) is 0 Å². The fourth-order valence-electron chi connectivity index (χ4n) is 15.1. The molecule has 20 rings (SSSR count). The molecule has 0 N–H and O–H groups in total. The zero-order valence-corrected chi connectivity index (χ0v) is 42.9. The van der Waals surface area contributed by atoms with Crippen LogP contribution in [0.3, 0.4) is 0 Å². The Morgan fingerprint density at radius 3 is 0.700 bits per heavy atom. The summed E-state index contributed by atoms with van der Waals surface area (Å²) < 4.78 is 15.1. The van der Waals surface area contributed by atoms with E-state index in [4.69, 9.17) is 0 Å². The molecule has 0 fully saturated rings. The highest BCUT2D eigenvalue weighted by Gasteiger charge is 2.29. The molecule has 0 aliphatic rings. The van der Waals surface area contributed by atoms with Crippen LogP contribution in [0.2, 0.25) is 0 Å². The topological polar surface area (TPSA) is 28.5 Å². The maximum Gasteiger partial charge on any atom is 0.131 e. The van der Waals surface area contributed by atoms with Crippen molar-refractivity contribution >= 4 is 153 Å². The van der Waals surface area contributed by atoms with Crippen molar-refractivity contribution in [3.63, 3.8) is 0 Å². The van der Waals surface area contributed by atoms with Gasteiger partial charge in [-0.05, 0) is 109 Å². The summed E-state index contributed by atoms with van der Waals surface area (Å²) in [5, 5.41) is 18.7. The van der Waals surface area contributed by atoms with Gasteiger partial charge in [0.1, 0.15) is 5.65 Å². The van der Waals surface area contributed by atoms with Gasteiger partial charge < -0.3 is 18.3 Å². The number of fused-ring (bicyclic) bond motifs is 23. The molecule has 20 aromatic rings. The van der Waals surface area contributed by atoms with Crippen LogP contribution in [-0.2, 0) is 0 Å². The van der Waals surface area contributed by atoms with Crippen molar-refractivity contribution in [2.24, 2.45) is 0 Å². The van der Waals surface area contributed by atoms with Gasteiger partial charge in [-0.15, -0.1) is 0 Å². The molecule has 8 heterocycles. The van der Waals surface area contributed by atoms with Crippen molar-refractivity contribution in [2.45, 2.75) is 0 Å². The molecule has 0 amide bonds. The number of hydrogen-bond acceptors (Lipinski definition) is 0. The molecule has 0 aliphatic heterocycles. The van der Waals surface area contributed by atoms with Gasteiger partial charge in [0.2, 0.25) is 0 Å². The Kier molecular flexibility index (Phi) is 7.55. The van der Waals surface area contributed by atoms with Gasteiger partial charge in [0.25, 0.3) is 0 Å². The molecule has 0 atom stereocenters. The second-order valence-electron chi connectivity index (χ2n) is 22.0. The molecule has 0 spiro atoms. The zero-order valence-electron chi connectivity index (χ0n) is 42.9. The van der Waals surface area contributed by atoms with Crippen LogP contribution in [0.15, 0.2) is 255 Å². The summed E-state index contributed by atoms with van der Waals surface area (Å²) in [5.74, 6) is 0. The van der Waals surface area contributed by atoms with Crippen molar-refractivity contribution in [3.8, 4) is 22.7 Å². The number of rotatable bonds is 4. The lowest BCUT2D eigenvalue weighted by Crippen LogP contribution is -1.95. The minimum atomic E-state index is 1.14. The molecule has 0 saturated carbocycles. The molecule has 0 radical (unpaired) electrons. The summed E-state index contributed by atoms with van der Waals surface area (Å²) in [4.78, 5) is 0. The molecule has 12 aromatic carbocycles. The Bertz CT molecular complexity index is 5520. The number of benzene rings is 12. The highest BCUT2D eigenvalue weighted by atomic mass is 15.1. The van der Waals surface area contributed by atoms with Crippen LogP contribution in [-0.4, -0.2) is 27.1 Å². The van der Waals surface area contributed by atoms with Crippen LogP contribution in [0.1, 0.15) is 0 Å². The third-order valence-corrected chi connectivity index (χ3v) is 18.2. The first-order valence-electron chi connectivity index (χ1n) is 27.7. The van der Waals surface area contributed by atoms with Crippen LogP contribution in [0.4, 0.5) is 0 Å². The van der Waals surface area contributed by atoms with E-state index in [0.29, 0.717) is 0 Å². The van der Waals surface area contributed by atoms with Crippen LogP contribution in [0.5, 0.6) is 0 Å². The molecular weight excluding hydrogens is 973 g/mol. The number of nitrogens with zero attached hydrogens (tertiary/aromatic N) is 6. The first kappa shape index (κ1) is 41.4. The summed E-state index contributed by atoms with van der Waals surface area (Å²) in [7, 11) is 0. The van der Waals surface area contributed by atoms with Gasteiger partial charge in [-0.1, -0.05) is 146 Å². The van der Waals surface area contributed by atoms with E-state index >= 15 is 0 Å². The lowest BCUT2D eigenvalue weighted by Gasteiger charge is -2.11. The summed E-state index contributed by atoms with van der Waals surface area (Å²) in [5.41, 5.74) is 20.2. The van der Waals surface area contributed by atoms with Crippen LogP contribution >= 0.6 is 0 Å². The first-order chi connectivity index (χ1) is 39.7. The summed E-state index contributed by atoms with van der Waals surface area (Å²) >= 11 is 0. The van der Waals surface area contributed by atoms with E-state index in [-0.39, 0.29) is 0 Å². The second-order valence-corrected chi connectivity index (χ2v) is 22.0. The quantitative estimate of drug-likeness (QED) is 0.168. The third-order valence-electron chi connectivity index (χ3n) is 18.2. The Balaban J connectivity index is 0.977. The van der Waals surface area contributed by atoms with E-state index in [0.717, 1.165) is 22.7 Å². The smallest absolute Gasteiger partial charge is 0.131 e. The highest BCUT2D eigenvalue weighted by molar-refractivity contribution is 6.34. The predicted octanol–water partition coefficient (Wildman–Crippen LogP) is 19.2. The molecule has 6 heteroatoms. The Hall–Kier alpha value is -10.8. The maximum absolute atomic E-state index is 2.61. The van der Waals surface area contributed by atoms with Crippen molar-refractivity contribution < 1.29 is 0 Å². The molecular formula is C74H42N6. The van der Waals surface area contributed by atoms with Crippen molar-refractivity contribution in [3.05, 3.63) is 255 Å². The average molecular weight is 1020 g/mol. The lowest BCUT2D eigenvalue weighted by molar-refractivity contribution is 1.18. The summed E-state index contributed by atoms with van der Waals surface area (Å²) in [6.45, 7) is 0. The average Bonchev–Trinajstić information content (AvgIpc) is 2.95. The minimum absolute atomic E-state index is 1.14. The van der Waals surface area contributed by atoms with Gasteiger partial charge in [0, 0.05) is 104 Å². The van der Waals surface area contributed by atoms with Crippen LogP contribution in [0.25, 0.3) is 175 Å². The van der Waals surface area contributed by atoms with Gasteiger partial charge in [0.05, 0.1) is 66.2 Å². The summed E-state index contributed by atoms with van der Waals surface area (Å²) in [6.07, 6.45) is 0. The van der Waals surface area contributed by atoms with Gasteiger partial charge in [0.15, 0.2) is 0 Å². The largest absolute Gasteiger partial charge is 0.309 e. The normalized spacial score (nSPS) is 12.8. The van der Waals surface area contributed by atoms with E-state index in [1.807, 2.05) is 0 Å². The van der Waals surface area contributed by atoms with Crippen LogP contribution < -0.4 is 0 Å². The van der Waals surface area contributed by atoms with E-state index in [2.05, 4.69) is 282 Å². The molecule has 0 unspecified atom stereocenters. The monoisotopic (exact) mass is 1010 g/mol. The second kappa shape index (κ2) is 14.6. The molecule has 368 valence electrons. The van der Waals surface area contributed by atoms with E-state index in [9.17, 15) is 0 Å². The SMILES string of the molecule is c1ccc2c(c1)c1ccccc1n2-c1ccc2c(c1)c1cc(-n3c4ccccc4c4ccccc43)cc3c4c5cc(-n6c7ccccc7c7ccccc76)cc6c7cc(-n8c9ccccc9c9ccccc98)ccc7n(c65)c4n2c13. The van der Waals surface area contributed by atoms with Crippen molar-refractivity contribution in [2.75, 3.05) is 0 Å². The number of para-hydroxylation sites is 8. The minimum Gasteiger partial charge on any atom is -0.309 e. The van der Waals surface area contributed by atoms with Gasteiger partial charge >= 0.3 is 0 Å². The van der Waals surface area contributed by atoms with Gasteiger partial charge in [-0.3, -0.25) is 8.80 Å². The Morgan fingerprint density at radius 1 is 0.175 bits per heavy atom. The Labute approximate surface area is 454 Å². The Morgan fingerprint density at radius 2 is 0.412 bits per heavy atom. The maximum atomic E-state index is 2.61. The van der Waals surface area contributed by atoms with E-state index in [1.54, 1.807) is 0 Å². The molecule has 0 saturated heterocycles. The fourth-order valence-corrected chi connectivity index (χ4v) is 15.1. The predicted molar refractivity (Wildman–Crippen MR) is 336 cm³/mol. The lowest BCUT2D eigenvalue weighted by atomic mass is 10.0. The van der Waals surface area contributed by atoms with Crippen molar-refractivity contribution in [1.29, 1.82) is 0 Å². The highest BCUT2D eigenvalue weighted by Crippen LogP contribution is 2.50. The first-order valence-corrected chi connectivity index (χ1v) is 27.7. The van der Waals surface area contributed by atoms with E-state index < -0.39 is 0 Å². The van der Waals surface area contributed by atoms with Crippen molar-refractivity contribution in [1.82, 2.24) is 27.1 Å². The third kappa shape index (κ3) is 4.98.